The van der Waals surface area contributed by atoms with E-state index in [4.69, 9.17) is 16.3 Å². The molecule has 0 atom stereocenters. The second-order valence-electron chi connectivity index (χ2n) is 6.57. The fraction of sp³-hybridized carbons (Fsp3) is 0.211. The maximum Gasteiger partial charge on any atom is 0.210 e. The van der Waals surface area contributed by atoms with Crippen LogP contribution in [-0.4, -0.2) is 26.1 Å². The highest BCUT2D eigenvalue weighted by Gasteiger charge is 2.42. The molecule has 136 valence electrons. The molecule has 26 heavy (non-hydrogen) atoms. The molecular weight excluding hydrogens is 379 g/mol. The SMILES string of the molecule is CC1(C)OC(c2ccc(S(C)(=O)=O)c(F)c2)=C(c2ccc(Cl)cc2)C1=O. The van der Waals surface area contributed by atoms with Crippen molar-refractivity contribution in [1.82, 2.24) is 0 Å². The quantitative estimate of drug-likeness (QED) is 0.785. The van der Waals surface area contributed by atoms with Crippen LogP contribution < -0.4 is 0 Å². The van der Waals surface area contributed by atoms with Crippen molar-refractivity contribution < 1.29 is 22.3 Å². The zero-order chi connectivity index (χ0) is 19.3. The van der Waals surface area contributed by atoms with Gasteiger partial charge in [-0.15, -0.1) is 0 Å². The van der Waals surface area contributed by atoms with Gasteiger partial charge in [-0.1, -0.05) is 23.7 Å². The van der Waals surface area contributed by atoms with Gasteiger partial charge in [0.1, 0.15) is 16.5 Å². The molecule has 0 aliphatic carbocycles. The molecule has 0 fully saturated rings. The number of ketones is 1. The highest BCUT2D eigenvalue weighted by Crippen LogP contribution is 2.41. The molecule has 0 unspecified atom stereocenters. The molecule has 2 aromatic rings. The summed E-state index contributed by atoms with van der Waals surface area (Å²) in [5.74, 6) is -0.933. The molecule has 0 amide bonds. The third-order valence-corrected chi connectivity index (χ3v) is 5.47. The normalized spacial score (nSPS) is 16.7. The standard InChI is InChI=1S/C19H16ClFO4S/c1-19(2)18(22)16(11-4-7-13(20)8-5-11)17(25-19)12-6-9-15(14(21)10-12)26(3,23)24/h4-10H,1-3H3. The van der Waals surface area contributed by atoms with Crippen molar-refractivity contribution >= 4 is 38.6 Å². The number of sulfone groups is 1. The van der Waals surface area contributed by atoms with E-state index in [1.165, 1.54) is 12.1 Å². The number of hydrogen-bond donors (Lipinski definition) is 0. The third-order valence-electron chi connectivity index (χ3n) is 4.08. The number of rotatable bonds is 3. The molecule has 0 bridgehead atoms. The smallest absolute Gasteiger partial charge is 0.210 e. The van der Waals surface area contributed by atoms with Gasteiger partial charge in [0.2, 0.25) is 5.78 Å². The largest absolute Gasteiger partial charge is 0.478 e. The minimum Gasteiger partial charge on any atom is -0.478 e. The number of carbonyl (C=O) groups excluding carboxylic acids is 1. The Morgan fingerprint density at radius 2 is 1.62 bits per heavy atom. The zero-order valence-corrected chi connectivity index (χ0v) is 15.9. The van der Waals surface area contributed by atoms with E-state index >= 15 is 0 Å². The Hall–Kier alpha value is -2.18. The van der Waals surface area contributed by atoms with E-state index in [0.717, 1.165) is 12.3 Å². The molecule has 4 nitrogen and oxygen atoms in total. The molecule has 0 radical (unpaired) electrons. The lowest BCUT2D eigenvalue weighted by Crippen LogP contribution is -2.29. The molecule has 7 heteroatoms. The number of halogens is 2. The summed E-state index contributed by atoms with van der Waals surface area (Å²) in [6, 6.07) is 10.3. The van der Waals surface area contributed by atoms with Crippen molar-refractivity contribution in [3.63, 3.8) is 0 Å². The predicted octanol–water partition coefficient (Wildman–Crippen LogP) is 4.13. The summed E-state index contributed by atoms with van der Waals surface area (Å²) in [6.45, 7) is 3.25. The first-order valence-corrected chi connectivity index (χ1v) is 10.0. The van der Waals surface area contributed by atoms with Crippen molar-refractivity contribution in [1.29, 1.82) is 0 Å². The average molecular weight is 395 g/mol. The van der Waals surface area contributed by atoms with Crippen LogP contribution in [0.2, 0.25) is 5.02 Å². The van der Waals surface area contributed by atoms with Crippen LogP contribution >= 0.6 is 11.6 Å². The minimum atomic E-state index is -3.69. The number of carbonyl (C=O) groups is 1. The molecule has 0 saturated heterocycles. The molecule has 1 aliphatic heterocycles. The fourth-order valence-electron chi connectivity index (χ4n) is 2.78. The van der Waals surface area contributed by atoms with Crippen LogP contribution in [0.15, 0.2) is 47.4 Å². The van der Waals surface area contributed by atoms with E-state index in [0.29, 0.717) is 21.7 Å². The van der Waals surface area contributed by atoms with Crippen LogP contribution in [0, 0.1) is 5.82 Å². The van der Waals surface area contributed by atoms with Gasteiger partial charge in [0.05, 0.1) is 5.57 Å². The van der Waals surface area contributed by atoms with Gasteiger partial charge in [-0.3, -0.25) is 4.79 Å². The second kappa shape index (κ2) is 6.21. The first-order valence-electron chi connectivity index (χ1n) is 7.75. The Labute approximate surface area is 156 Å². The van der Waals surface area contributed by atoms with Crippen LogP contribution in [0.25, 0.3) is 11.3 Å². The van der Waals surface area contributed by atoms with Crippen LogP contribution in [0.3, 0.4) is 0 Å². The Morgan fingerprint density at radius 3 is 2.15 bits per heavy atom. The van der Waals surface area contributed by atoms with E-state index in [1.807, 2.05) is 0 Å². The van der Waals surface area contributed by atoms with Crippen molar-refractivity contribution in [2.75, 3.05) is 6.26 Å². The zero-order valence-electron chi connectivity index (χ0n) is 14.3. The monoisotopic (exact) mass is 394 g/mol. The van der Waals surface area contributed by atoms with Gasteiger partial charge in [-0.05, 0) is 49.7 Å². The summed E-state index contributed by atoms with van der Waals surface area (Å²) in [5.41, 5.74) is 0.0699. The number of benzene rings is 2. The summed E-state index contributed by atoms with van der Waals surface area (Å²) in [4.78, 5) is 12.4. The third kappa shape index (κ3) is 3.27. The van der Waals surface area contributed by atoms with Gasteiger partial charge in [0, 0.05) is 16.8 Å². The first kappa shape index (κ1) is 18.6. The van der Waals surface area contributed by atoms with E-state index in [1.54, 1.807) is 38.1 Å². The molecule has 0 aromatic heterocycles. The number of Topliss-reactive ketones (excluding diaryl/α,β-unsaturated/α-hetero) is 1. The van der Waals surface area contributed by atoms with Crippen molar-refractivity contribution in [2.45, 2.75) is 24.3 Å². The fourth-order valence-corrected chi connectivity index (χ4v) is 3.64. The average Bonchev–Trinajstić information content (AvgIpc) is 2.77. The lowest BCUT2D eigenvalue weighted by molar-refractivity contribution is -0.125. The van der Waals surface area contributed by atoms with E-state index in [-0.39, 0.29) is 11.5 Å². The van der Waals surface area contributed by atoms with Gasteiger partial charge in [0.15, 0.2) is 15.4 Å². The number of ether oxygens (including phenoxy) is 1. The Morgan fingerprint density at radius 1 is 1.04 bits per heavy atom. The Bertz CT molecular complexity index is 1040. The van der Waals surface area contributed by atoms with E-state index in [9.17, 15) is 17.6 Å². The maximum atomic E-state index is 14.3. The van der Waals surface area contributed by atoms with Gasteiger partial charge in [-0.2, -0.15) is 0 Å². The molecule has 3 rings (SSSR count). The molecular formula is C19H16ClFO4S. The van der Waals surface area contributed by atoms with E-state index < -0.39 is 26.2 Å². The van der Waals surface area contributed by atoms with Gasteiger partial charge in [0.25, 0.3) is 0 Å². The maximum absolute atomic E-state index is 14.3. The summed E-state index contributed by atoms with van der Waals surface area (Å²) >= 11 is 5.91. The summed E-state index contributed by atoms with van der Waals surface area (Å²) in [5, 5.41) is 0.519. The van der Waals surface area contributed by atoms with Crippen LogP contribution in [0.5, 0.6) is 0 Å². The van der Waals surface area contributed by atoms with Crippen LogP contribution in [0.4, 0.5) is 4.39 Å². The minimum absolute atomic E-state index is 0.210. The molecule has 0 N–H and O–H groups in total. The first-order chi connectivity index (χ1) is 12.0. The van der Waals surface area contributed by atoms with Gasteiger partial charge < -0.3 is 4.74 Å². The topological polar surface area (TPSA) is 60.4 Å². The molecule has 1 aliphatic rings. The summed E-state index contributed by atoms with van der Waals surface area (Å²) in [7, 11) is -3.69. The lowest BCUT2D eigenvalue weighted by Gasteiger charge is -2.18. The Kier molecular flexibility index (Phi) is 4.45. The number of hydrogen-bond acceptors (Lipinski definition) is 4. The van der Waals surface area contributed by atoms with E-state index in [2.05, 4.69) is 0 Å². The van der Waals surface area contributed by atoms with Gasteiger partial charge in [-0.25, -0.2) is 12.8 Å². The molecule has 2 aromatic carbocycles. The molecule has 1 heterocycles. The van der Waals surface area contributed by atoms with Crippen LogP contribution in [0.1, 0.15) is 25.0 Å². The second-order valence-corrected chi connectivity index (χ2v) is 8.99. The van der Waals surface area contributed by atoms with Crippen molar-refractivity contribution in [3.05, 3.63) is 64.4 Å². The lowest BCUT2D eigenvalue weighted by atomic mass is 9.93. The van der Waals surface area contributed by atoms with Gasteiger partial charge >= 0.3 is 0 Å². The van der Waals surface area contributed by atoms with Crippen LogP contribution in [-0.2, 0) is 19.4 Å². The molecule has 0 spiro atoms. The predicted molar refractivity (Wildman–Crippen MR) is 97.9 cm³/mol. The summed E-state index contributed by atoms with van der Waals surface area (Å²) < 4.78 is 43.3. The van der Waals surface area contributed by atoms with Crippen molar-refractivity contribution in [3.8, 4) is 0 Å². The highest BCUT2D eigenvalue weighted by molar-refractivity contribution is 7.90. The highest BCUT2D eigenvalue weighted by atomic mass is 35.5. The molecule has 0 saturated carbocycles. The Balaban J connectivity index is 2.20. The summed E-state index contributed by atoms with van der Waals surface area (Å²) in [6.07, 6.45) is 0.933. The van der Waals surface area contributed by atoms with Crippen molar-refractivity contribution in [2.24, 2.45) is 0 Å².